The highest BCUT2D eigenvalue weighted by Gasteiger charge is 2.00. The molecule has 0 bridgehead atoms. The van der Waals surface area contributed by atoms with Crippen molar-refractivity contribution in [3.63, 3.8) is 0 Å². The van der Waals surface area contributed by atoms with E-state index in [1.807, 2.05) is 48.5 Å². The maximum absolute atomic E-state index is 11.0. The topological polar surface area (TPSA) is 95.8 Å². The fourth-order valence-corrected chi connectivity index (χ4v) is 5.41. The monoisotopic (exact) mass is 690 g/mol. The summed E-state index contributed by atoms with van der Waals surface area (Å²) in [5.74, 6) is 1.06. The van der Waals surface area contributed by atoms with Crippen molar-refractivity contribution >= 4 is 23.3 Å². The van der Waals surface area contributed by atoms with E-state index >= 15 is 0 Å². The SMILES string of the molecule is C=CC(=O)OCCCCCCCCCCCCOc1ccc(N=Nc2ccc(OCCCCCCCCCCCCOC(=O)C=C)cc2)cc1. The van der Waals surface area contributed by atoms with Crippen LogP contribution in [-0.4, -0.2) is 38.4 Å². The highest BCUT2D eigenvalue weighted by atomic mass is 16.5. The second-order valence-corrected chi connectivity index (χ2v) is 12.7. The predicted octanol–water partition coefficient (Wildman–Crippen LogP) is 12.1. The zero-order chi connectivity index (χ0) is 35.7. The summed E-state index contributed by atoms with van der Waals surface area (Å²) in [5.41, 5.74) is 1.58. The molecule has 0 heterocycles. The van der Waals surface area contributed by atoms with Crippen LogP contribution in [0.3, 0.4) is 0 Å². The second kappa shape index (κ2) is 29.9. The highest BCUT2D eigenvalue weighted by Crippen LogP contribution is 2.24. The number of carbonyl (C=O) groups excluding carboxylic acids is 2. The molecule has 2 rings (SSSR count). The Balaban J connectivity index is 1.41. The normalized spacial score (nSPS) is 11.0. The number of ether oxygens (including phenoxy) is 4. The molecule has 2 aromatic carbocycles. The number of unbranched alkanes of at least 4 members (excludes halogenated alkanes) is 18. The van der Waals surface area contributed by atoms with Gasteiger partial charge in [-0.05, 0) is 74.2 Å². The summed E-state index contributed by atoms with van der Waals surface area (Å²) in [6.45, 7) is 9.26. The predicted molar refractivity (Wildman–Crippen MR) is 203 cm³/mol. The number of esters is 2. The fraction of sp³-hybridized carbons (Fsp3) is 0.571. The van der Waals surface area contributed by atoms with E-state index in [1.54, 1.807) is 0 Å². The molecule has 8 nitrogen and oxygen atoms in total. The summed E-state index contributed by atoms with van der Waals surface area (Å²) in [6, 6.07) is 15.5. The van der Waals surface area contributed by atoms with Gasteiger partial charge in [0.25, 0.3) is 0 Å². The van der Waals surface area contributed by atoms with E-state index in [0.717, 1.165) is 74.6 Å². The van der Waals surface area contributed by atoms with Crippen LogP contribution in [0.2, 0.25) is 0 Å². The summed E-state index contributed by atoms with van der Waals surface area (Å²) in [4.78, 5) is 22.0. The molecule has 0 spiro atoms. The summed E-state index contributed by atoms with van der Waals surface area (Å²) in [7, 11) is 0. The molecule has 0 aliphatic carbocycles. The Morgan fingerprint density at radius 2 is 0.680 bits per heavy atom. The van der Waals surface area contributed by atoms with Gasteiger partial charge >= 0.3 is 11.9 Å². The number of carbonyl (C=O) groups is 2. The summed E-state index contributed by atoms with van der Waals surface area (Å²) in [5, 5.41) is 8.73. The van der Waals surface area contributed by atoms with Gasteiger partial charge in [0, 0.05) is 12.2 Å². The van der Waals surface area contributed by atoms with E-state index in [0.29, 0.717) is 13.2 Å². The minimum Gasteiger partial charge on any atom is -0.494 e. The van der Waals surface area contributed by atoms with Gasteiger partial charge in [-0.1, -0.05) is 116 Å². The maximum Gasteiger partial charge on any atom is 0.330 e. The van der Waals surface area contributed by atoms with E-state index in [2.05, 4.69) is 23.4 Å². The van der Waals surface area contributed by atoms with Gasteiger partial charge in [-0.25, -0.2) is 9.59 Å². The summed E-state index contributed by atoms with van der Waals surface area (Å²) in [6.07, 6.45) is 26.1. The lowest BCUT2D eigenvalue weighted by Crippen LogP contribution is -2.01. The van der Waals surface area contributed by atoms with Crippen LogP contribution in [0, 0.1) is 0 Å². The van der Waals surface area contributed by atoms with Crippen molar-refractivity contribution in [3.8, 4) is 11.5 Å². The summed E-state index contributed by atoms with van der Waals surface area (Å²) >= 11 is 0. The molecule has 0 aromatic heterocycles. The van der Waals surface area contributed by atoms with Gasteiger partial charge < -0.3 is 18.9 Å². The molecule has 0 atom stereocenters. The van der Waals surface area contributed by atoms with Crippen molar-refractivity contribution in [1.82, 2.24) is 0 Å². The number of nitrogens with zero attached hydrogens (tertiary/aromatic N) is 2. The molecule has 0 aliphatic rings. The van der Waals surface area contributed by atoms with Gasteiger partial charge in [-0.3, -0.25) is 0 Å². The lowest BCUT2D eigenvalue weighted by molar-refractivity contribution is -0.138. The van der Waals surface area contributed by atoms with Crippen molar-refractivity contribution in [2.24, 2.45) is 10.2 Å². The van der Waals surface area contributed by atoms with Gasteiger partial charge in [-0.2, -0.15) is 10.2 Å². The molecule has 0 aliphatic heterocycles. The number of azo groups is 1. The van der Waals surface area contributed by atoms with Crippen molar-refractivity contribution in [2.75, 3.05) is 26.4 Å². The molecule has 0 fully saturated rings. The van der Waals surface area contributed by atoms with Crippen LogP contribution in [0.5, 0.6) is 11.5 Å². The molecule has 0 N–H and O–H groups in total. The third kappa shape index (κ3) is 23.4. The zero-order valence-corrected chi connectivity index (χ0v) is 30.5. The van der Waals surface area contributed by atoms with Gasteiger partial charge in [0.15, 0.2) is 0 Å². The highest BCUT2D eigenvalue weighted by molar-refractivity contribution is 5.81. The summed E-state index contributed by atoms with van der Waals surface area (Å²) < 4.78 is 21.8. The standard InChI is InChI=1S/C42H62N2O6/c1-3-41(45)49-35-23-19-15-11-7-5-9-13-17-21-33-47-39-29-25-37(26-30-39)43-44-38-27-31-40(32-28-38)48-34-22-18-14-10-6-8-12-16-20-24-36-50-42(46)4-2/h3-4,25-32H,1-2,5-24,33-36H2. The van der Waals surface area contributed by atoms with Crippen LogP contribution in [-0.2, 0) is 19.1 Å². The average molecular weight is 691 g/mol. The molecule has 0 radical (unpaired) electrons. The first-order chi connectivity index (χ1) is 24.6. The lowest BCUT2D eigenvalue weighted by Gasteiger charge is -2.07. The Bertz CT molecular complexity index is 1100. The van der Waals surface area contributed by atoms with Crippen molar-refractivity contribution in [3.05, 3.63) is 73.8 Å². The quantitative estimate of drug-likeness (QED) is 0.0328. The first kappa shape index (κ1) is 42.2. The average Bonchev–Trinajstić information content (AvgIpc) is 3.14. The van der Waals surface area contributed by atoms with E-state index in [9.17, 15) is 9.59 Å². The molecule has 8 heteroatoms. The number of hydrogen-bond acceptors (Lipinski definition) is 8. The third-order valence-corrected chi connectivity index (χ3v) is 8.39. The molecule has 2 aromatic rings. The first-order valence-corrected chi connectivity index (χ1v) is 19.1. The minimum absolute atomic E-state index is 0.330. The largest absolute Gasteiger partial charge is 0.494 e. The number of rotatable bonds is 32. The second-order valence-electron chi connectivity index (χ2n) is 12.7. The van der Waals surface area contributed by atoms with Crippen LogP contribution < -0.4 is 9.47 Å². The number of hydrogen-bond donors (Lipinski definition) is 0. The Labute approximate surface area is 301 Å². The molecule has 0 amide bonds. The van der Waals surface area contributed by atoms with Crippen LogP contribution in [0.15, 0.2) is 84.1 Å². The van der Waals surface area contributed by atoms with Gasteiger partial charge in [0.05, 0.1) is 37.8 Å². The lowest BCUT2D eigenvalue weighted by atomic mass is 10.1. The molecule has 0 unspecified atom stereocenters. The van der Waals surface area contributed by atoms with E-state index in [4.69, 9.17) is 18.9 Å². The fourth-order valence-electron chi connectivity index (χ4n) is 5.41. The Morgan fingerprint density at radius 3 is 0.960 bits per heavy atom. The van der Waals surface area contributed by atoms with Crippen molar-refractivity contribution in [2.45, 2.75) is 128 Å². The molecular formula is C42H62N2O6. The molecular weight excluding hydrogens is 628 g/mol. The maximum atomic E-state index is 11.0. The van der Waals surface area contributed by atoms with Crippen LogP contribution >= 0.6 is 0 Å². The van der Waals surface area contributed by atoms with Crippen LogP contribution in [0.25, 0.3) is 0 Å². The Morgan fingerprint density at radius 1 is 0.420 bits per heavy atom. The van der Waals surface area contributed by atoms with Gasteiger partial charge in [0.2, 0.25) is 0 Å². The molecule has 50 heavy (non-hydrogen) atoms. The molecule has 276 valence electrons. The van der Waals surface area contributed by atoms with E-state index < -0.39 is 0 Å². The minimum atomic E-state index is -0.330. The first-order valence-electron chi connectivity index (χ1n) is 19.1. The van der Waals surface area contributed by atoms with E-state index in [1.165, 1.54) is 102 Å². The smallest absolute Gasteiger partial charge is 0.330 e. The Kier molecular flexibility index (Phi) is 25.3. The Hall–Kier alpha value is -3.94. The van der Waals surface area contributed by atoms with Crippen molar-refractivity contribution < 1.29 is 28.5 Å². The van der Waals surface area contributed by atoms with Gasteiger partial charge in [0.1, 0.15) is 11.5 Å². The van der Waals surface area contributed by atoms with Crippen LogP contribution in [0.1, 0.15) is 128 Å². The third-order valence-electron chi connectivity index (χ3n) is 8.39. The molecule has 0 saturated heterocycles. The molecule has 0 saturated carbocycles. The van der Waals surface area contributed by atoms with E-state index in [-0.39, 0.29) is 11.9 Å². The number of benzene rings is 2. The zero-order valence-electron chi connectivity index (χ0n) is 30.5. The van der Waals surface area contributed by atoms with Crippen molar-refractivity contribution in [1.29, 1.82) is 0 Å². The van der Waals surface area contributed by atoms with Crippen LogP contribution in [0.4, 0.5) is 11.4 Å². The van der Waals surface area contributed by atoms with Gasteiger partial charge in [-0.15, -0.1) is 0 Å².